The second-order valence-corrected chi connectivity index (χ2v) is 7.36. The summed E-state index contributed by atoms with van der Waals surface area (Å²) in [6, 6.07) is 1.75. The molecule has 1 aromatic heterocycles. The van der Waals surface area contributed by atoms with E-state index < -0.39 is 5.91 Å². The molecule has 0 saturated heterocycles. The minimum absolute atomic E-state index is 0.132. The van der Waals surface area contributed by atoms with Crippen LogP contribution in [-0.2, 0) is 19.4 Å². The molecule has 1 aromatic rings. The summed E-state index contributed by atoms with van der Waals surface area (Å²) in [6.07, 6.45) is 12.6. The second kappa shape index (κ2) is 8.08. The van der Waals surface area contributed by atoms with Crippen LogP contribution < -0.4 is 11.0 Å². The Balaban J connectivity index is 2.02. The van der Waals surface area contributed by atoms with Gasteiger partial charge in [-0.2, -0.15) is 0 Å². The van der Waals surface area contributed by atoms with Gasteiger partial charge in [-0.15, -0.1) is 5.48 Å². The fourth-order valence-electron chi connectivity index (χ4n) is 4.30. The van der Waals surface area contributed by atoms with E-state index in [1.54, 1.807) is 6.07 Å². The minimum atomic E-state index is -0.567. The van der Waals surface area contributed by atoms with Crippen LogP contribution in [0.3, 0.4) is 0 Å². The van der Waals surface area contributed by atoms with Gasteiger partial charge in [0.15, 0.2) is 0 Å². The van der Waals surface area contributed by atoms with E-state index >= 15 is 0 Å². The van der Waals surface area contributed by atoms with Gasteiger partial charge in [-0.1, -0.05) is 32.1 Å². The van der Waals surface area contributed by atoms with Gasteiger partial charge >= 0.3 is 5.91 Å². The van der Waals surface area contributed by atoms with E-state index in [1.165, 1.54) is 44.9 Å². The normalized spacial score (nSPS) is 19.4. The number of nitrogens with two attached hydrogens (primary N) is 1. The maximum atomic E-state index is 12.9. The van der Waals surface area contributed by atoms with E-state index in [0.29, 0.717) is 11.4 Å². The van der Waals surface area contributed by atoms with E-state index in [0.717, 1.165) is 43.5 Å². The van der Waals surface area contributed by atoms with E-state index in [1.807, 2.05) is 4.57 Å². The van der Waals surface area contributed by atoms with Gasteiger partial charge < -0.3 is 4.57 Å². The summed E-state index contributed by atoms with van der Waals surface area (Å²) in [4.78, 5) is 24.9. The maximum Gasteiger partial charge on any atom is 0.380 e. The monoisotopic (exact) mass is 333 g/mol. The fraction of sp³-hybridized carbons (Fsp3) is 0.684. The second-order valence-electron chi connectivity index (χ2n) is 7.36. The molecule has 0 unspecified atom stereocenters. The van der Waals surface area contributed by atoms with Gasteiger partial charge in [0.1, 0.15) is 5.56 Å². The number of pyridine rings is 1. The third-order valence-electron chi connectivity index (χ3n) is 5.65. The zero-order valence-corrected chi connectivity index (χ0v) is 14.4. The number of aryl methyl sites for hydroxylation is 1. The Hall–Kier alpha value is -1.46. The zero-order chi connectivity index (χ0) is 16.9. The Bertz CT molecular complexity index is 645. The highest BCUT2D eigenvalue weighted by molar-refractivity contribution is 5.86. The van der Waals surface area contributed by atoms with E-state index in [-0.39, 0.29) is 11.1 Å². The van der Waals surface area contributed by atoms with Gasteiger partial charge in [-0.05, 0) is 56.1 Å². The molecule has 132 valence electrons. The van der Waals surface area contributed by atoms with Gasteiger partial charge in [-0.25, -0.2) is 10.0 Å². The summed E-state index contributed by atoms with van der Waals surface area (Å²) in [5, 5.41) is 9.11. The van der Waals surface area contributed by atoms with Crippen molar-refractivity contribution in [2.45, 2.75) is 77.2 Å². The number of hydroxylamine groups is 1. The third kappa shape index (κ3) is 3.78. The molecule has 0 atom stereocenters. The number of primary amides is 1. The van der Waals surface area contributed by atoms with Crippen LogP contribution in [0.15, 0.2) is 10.9 Å². The van der Waals surface area contributed by atoms with Crippen LogP contribution in [0.1, 0.15) is 79.4 Å². The highest BCUT2D eigenvalue weighted by Gasteiger charge is 2.24. The highest BCUT2D eigenvalue weighted by atomic mass is 16.5. The van der Waals surface area contributed by atoms with E-state index in [4.69, 9.17) is 5.21 Å². The smallest absolute Gasteiger partial charge is 0.311 e. The number of hydrogen-bond donors (Lipinski definition) is 2. The number of carbonyl (C=O) groups excluding carboxylic acids is 1. The first-order chi connectivity index (χ1) is 11.7. The number of nitrogens with zero attached hydrogens (tertiary/aromatic N) is 1. The van der Waals surface area contributed by atoms with Crippen molar-refractivity contribution in [1.82, 2.24) is 4.57 Å². The molecule has 1 amide bonds. The van der Waals surface area contributed by atoms with Crippen molar-refractivity contribution in [2.75, 3.05) is 0 Å². The van der Waals surface area contributed by atoms with Crippen molar-refractivity contribution in [2.24, 2.45) is 5.92 Å². The quantitative estimate of drug-likeness (QED) is 0.657. The van der Waals surface area contributed by atoms with Crippen LogP contribution in [0.4, 0.5) is 0 Å². The predicted molar refractivity (Wildman–Crippen MR) is 91.2 cm³/mol. The number of aromatic nitrogens is 1. The third-order valence-corrected chi connectivity index (χ3v) is 5.65. The lowest BCUT2D eigenvalue weighted by Gasteiger charge is -2.26. The zero-order valence-electron chi connectivity index (χ0n) is 14.4. The molecule has 5 heteroatoms. The molecular weight excluding hydrogens is 304 g/mol. The van der Waals surface area contributed by atoms with Crippen LogP contribution >= 0.6 is 0 Å². The molecule has 24 heavy (non-hydrogen) atoms. The summed E-state index contributed by atoms with van der Waals surface area (Å²) in [5.41, 5.74) is 2.72. The van der Waals surface area contributed by atoms with Crippen LogP contribution in [0.5, 0.6) is 0 Å². The van der Waals surface area contributed by atoms with Gasteiger partial charge in [0.05, 0.1) is 0 Å². The predicted octanol–water partition coefficient (Wildman–Crippen LogP) is 2.18. The number of quaternary nitrogens is 1. The van der Waals surface area contributed by atoms with Crippen molar-refractivity contribution in [3.05, 3.63) is 33.2 Å². The Morgan fingerprint density at radius 3 is 2.46 bits per heavy atom. The number of rotatable bonds is 3. The van der Waals surface area contributed by atoms with Crippen LogP contribution in [0, 0.1) is 5.92 Å². The first-order valence-corrected chi connectivity index (χ1v) is 9.48. The van der Waals surface area contributed by atoms with Gasteiger partial charge in [0.2, 0.25) is 0 Å². The fourth-order valence-corrected chi connectivity index (χ4v) is 4.30. The molecule has 0 radical (unpaired) electrons. The Morgan fingerprint density at radius 2 is 1.75 bits per heavy atom. The largest absolute Gasteiger partial charge is 0.380 e. The molecule has 0 aliphatic heterocycles. The topological polar surface area (TPSA) is 75.9 Å². The van der Waals surface area contributed by atoms with Crippen molar-refractivity contribution < 1.29 is 15.5 Å². The molecule has 3 N–H and O–H groups in total. The summed E-state index contributed by atoms with van der Waals surface area (Å²) in [6.45, 7) is 0.730. The van der Waals surface area contributed by atoms with Crippen molar-refractivity contribution in [3.63, 3.8) is 0 Å². The first-order valence-electron chi connectivity index (χ1n) is 9.48. The summed E-state index contributed by atoms with van der Waals surface area (Å²) in [7, 11) is 0. The highest BCUT2D eigenvalue weighted by Crippen LogP contribution is 2.27. The molecule has 0 spiro atoms. The molecule has 3 rings (SSSR count). The number of amides is 1. The molecule has 1 fully saturated rings. The molecule has 5 nitrogen and oxygen atoms in total. The van der Waals surface area contributed by atoms with Gasteiger partial charge in [0.25, 0.3) is 5.56 Å². The average molecular weight is 333 g/mol. The molecule has 2 aliphatic rings. The molecule has 1 heterocycles. The molecule has 0 aromatic carbocycles. The maximum absolute atomic E-state index is 12.9. The standard InChI is InChI=1S/C19H28N2O3/c22-18(20-24)16-12-15-10-6-1-2-7-11-17(15)21(19(16)23)13-14-8-4-3-5-9-14/h12,14,24H,1-11,13H2,(H,20,22)/p+1. The lowest BCUT2D eigenvalue weighted by molar-refractivity contribution is -0.809. The molecular formula is C19H29N2O3+. The Kier molecular flexibility index (Phi) is 5.85. The van der Waals surface area contributed by atoms with Gasteiger partial charge in [-0.3, -0.25) is 4.79 Å². The summed E-state index contributed by atoms with van der Waals surface area (Å²) < 4.78 is 1.88. The van der Waals surface area contributed by atoms with Crippen LogP contribution in [0.25, 0.3) is 0 Å². The lowest BCUT2D eigenvalue weighted by Crippen LogP contribution is -2.85. The summed E-state index contributed by atoms with van der Waals surface area (Å²) >= 11 is 0. The average Bonchev–Trinajstić information content (AvgIpc) is 2.59. The van der Waals surface area contributed by atoms with Crippen molar-refractivity contribution in [1.29, 1.82) is 0 Å². The van der Waals surface area contributed by atoms with Crippen LogP contribution in [-0.4, -0.2) is 15.7 Å². The number of carbonyl (C=O) groups is 1. The van der Waals surface area contributed by atoms with Crippen LogP contribution in [0.2, 0.25) is 0 Å². The molecule has 1 saturated carbocycles. The van der Waals surface area contributed by atoms with E-state index in [9.17, 15) is 9.59 Å². The number of fused-ring (bicyclic) bond motifs is 1. The van der Waals surface area contributed by atoms with Crippen molar-refractivity contribution in [3.8, 4) is 0 Å². The lowest BCUT2D eigenvalue weighted by atomic mass is 9.88. The molecule has 0 bridgehead atoms. The minimum Gasteiger partial charge on any atom is -0.311 e. The van der Waals surface area contributed by atoms with Crippen molar-refractivity contribution >= 4 is 5.91 Å². The first kappa shape index (κ1) is 17.4. The Morgan fingerprint density at radius 1 is 1.08 bits per heavy atom. The molecule has 2 aliphatic carbocycles. The summed E-state index contributed by atoms with van der Waals surface area (Å²) in [5.74, 6) is -0.0308. The number of hydrogen-bond acceptors (Lipinski definition) is 3. The SMILES string of the molecule is O=C([NH2+]O)c1cc2c(n(CC3CCCCC3)c1=O)CCCCCC2. The Labute approximate surface area is 143 Å². The van der Waals surface area contributed by atoms with E-state index in [2.05, 4.69) is 0 Å². The van der Waals surface area contributed by atoms with Gasteiger partial charge in [0, 0.05) is 12.2 Å².